The molecular formula is C30H50N4O4S. The Bertz CT molecular complexity index is 930. The first-order valence-electron chi connectivity index (χ1n) is 14.8. The van der Waals surface area contributed by atoms with Crippen LogP contribution in [0.25, 0.3) is 0 Å². The molecule has 1 amide bonds. The van der Waals surface area contributed by atoms with Gasteiger partial charge in [0.25, 0.3) is 0 Å². The van der Waals surface area contributed by atoms with Gasteiger partial charge >= 0.3 is 0 Å². The predicted molar refractivity (Wildman–Crippen MR) is 160 cm³/mol. The van der Waals surface area contributed by atoms with Crippen molar-refractivity contribution in [3.05, 3.63) is 29.3 Å². The van der Waals surface area contributed by atoms with Crippen LogP contribution in [0.2, 0.25) is 0 Å². The van der Waals surface area contributed by atoms with Crippen LogP contribution in [-0.2, 0) is 25.3 Å². The summed E-state index contributed by atoms with van der Waals surface area (Å²) in [7, 11) is 0.785. The Hall–Kier alpha value is -1.81. The summed E-state index contributed by atoms with van der Waals surface area (Å²) in [6, 6.07) is 6.46. The van der Waals surface area contributed by atoms with Crippen molar-refractivity contribution in [2.24, 2.45) is 11.8 Å². The van der Waals surface area contributed by atoms with Gasteiger partial charge in [0.15, 0.2) is 0 Å². The van der Waals surface area contributed by atoms with Crippen molar-refractivity contribution in [3.63, 3.8) is 0 Å². The molecule has 1 aromatic carbocycles. The van der Waals surface area contributed by atoms with E-state index in [-0.39, 0.29) is 29.9 Å². The summed E-state index contributed by atoms with van der Waals surface area (Å²) in [6.07, 6.45) is 11.7. The number of nitrogens with zero attached hydrogens (tertiary/aromatic N) is 1. The van der Waals surface area contributed by atoms with Crippen molar-refractivity contribution in [1.29, 1.82) is 5.41 Å². The second kappa shape index (κ2) is 16.5. The number of likely N-dealkylation sites (tertiary alicyclic amines) is 1. The van der Waals surface area contributed by atoms with Gasteiger partial charge in [-0.25, -0.2) is 8.93 Å². The van der Waals surface area contributed by atoms with Gasteiger partial charge in [0.05, 0.1) is 36.2 Å². The van der Waals surface area contributed by atoms with Crippen LogP contribution in [0.5, 0.6) is 0 Å². The molecule has 2 aliphatic heterocycles. The van der Waals surface area contributed by atoms with E-state index in [1.807, 2.05) is 11.9 Å². The molecule has 39 heavy (non-hydrogen) atoms. The van der Waals surface area contributed by atoms with Crippen LogP contribution in [0.3, 0.4) is 0 Å². The number of rotatable bonds is 10. The minimum atomic E-state index is -1.10. The SMILES string of the molecule is CCCC.CNc1ccc(C2CCC(OCC3CN(C(=O)C4CCOC4)CCC3NS(C)=O)CC2)cc1C=N. The number of nitrogens with one attached hydrogen (secondary N) is 3. The lowest BCUT2D eigenvalue weighted by Crippen LogP contribution is -2.54. The van der Waals surface area contributed by atoms with E-state index in [0.29, 0.717) is 38.8 Å². The zero-order valence-corrected chi connectivity index (χ0v) is 25.2. The second-order valence-corrected chi connectivity index (χ2v) is 12.3. The maximum Gasteiger partial charge on any atom is 0.228 e. The fraction of sp³-hybridized carbons (Fsp3) is 0.733. The molecule has 4 atom stereocenters. The monoisotopic (exact) mass is 562 g/mol. The fourth-order valence-corrected chi connectivity index (χ4v) is 6.50. The predicted octanol–water partition coefficient (Wildman–Crippen LogP) is 4.71. The van der Waals surface area contributed by atoms with Crippen molar-refractivity contribution >= 4 is 28.8 Å². The van der Waals surface area contributed by atoms with Gasteiger partial charge in [-0.2, -0.15) is 0 Å². The number of unbranched alkanes of at least 4 members (excludes halogenated alkanes) is 1. The van der Waals surface area contributed by atoms with E-state index >= 15 is 0 Å². The highest BCUT2D eigenvalue weighted by Gasteiger charge is 2.36. The largest absolute Gasteiger partial charge is 0.388 e. The Balaban J connectivity index is 0.000000983. The number of piperidine rings is 1. The van der Waals surface area contributed by atoms with Gasteiger partial charge in [-0.05, 0) is 62.1 Å². The van der Waals surface area contributed by atoms with Crippen LogP contribution < -0.4 is 10.0 Å². The minimum absolute atomic E-state index is 0.0213. The lowest BCUT2D eigenvalue weighted by atomic mass is 9.82. The Morgan fingerprint density at radius 3 is 2.51 bits per heavy atom. The smallest absolute Gasteiger partial charge is 0.228 e. The molecule has 4 unspecified atom stereocenters. The van der Waals surface area contributed by atoms with Gasteiger partial charge in [0.2, 0.25) is 5.91 Å². The van der Waals surface area contributed by atoms with Crippen molar-refractivity contribution in [3.8, 4) is 0 Å². The number of hydrogen-bond donors (Lipinski definition) is 3. The lowest BCUT2D eigenvalue weighted by Gasteiger charge is -2.40. The van der Waals surface area contributed by atoms with Crippen LogP contribution in [0.15, 0.2) is 18.2 Å². The van der Waals surface area contributed by atoms with Gasteiger partial charge in [0.1, 0.15) is 0 Å². The molecule has 4 rings (SSSR count). The zero-order chi connectivity index (χ0) is 28.2. The van der Waals surface area contributed by atoms with E-state index in [0.717, 1.165) is 49.8 Å². The summed E-state index contributed by atoms with van der Waals surface area (Å²) in [5.41, 5.74) is 3.21. The van der Waals surface area contributed by atoms with E-state index in [1.54, 1.807) is 6.26 Å². The first-order chi connectivity index (χ1) is 18.9. The van der Waals surface area contributed by atoms with Crippen molar-refractivity contribution in [2.75, 3.05) is 51.5 Å². The van der Waals surface area contributed by atoms with Gasteiger partial charge in [-0.15, -0.1) is 0 Å². The van der Waals surface area contributed by atoms with E-state index in [1.165, 1.54) is 24.6 Å². The molecule has 0 aromatic heterocycles. The molecule has 1 aliphatic carbocycles. The third-order valence-corrected chi connectivity index (χ3v) is 8.97. The summed E-state index contributed by atoms with van der Waals surface area (Å²) in [6.45, 7) is 7.46. The summed E-state index contributed by atoms with van der Waals surface area (Å²) >= 11 is 0. The number of ether oxygens (including phenoxy) is 2. The first kappa shape index (κ1) is 31.7. The van der Waals surface area contributed by atoms with E-state index in [2.05, 4.69) is 42.1 Å². The average molecular weight is 563 g/mol. The molecule has 0 radical (unpaired) electrons. The molecule has 220 valence electrons. The number of carbonyl (C=O) groups is 1. The number of carbonyl (C=O) groups excluding carboxylic acids is 1. The van der Waals surface area contributed by atoms with Gasteiger partial charge in [-0.3, -0.25) is 4.79 Å². The van der Waals surface area contributed by atoms with Crippen LogP contribution in [0, 0.1) is 17.2 Å². The molecule has 3 N–H and O–H groups in total. The molecule has 2 heterocycles. The number of hydrogen-bond acceptors (Lipinski definition) is 6. The first-order valence-corrected chi connectivity index (χ1v) is 16.4. The maximum atomic E-state index is 12.9. The molecule has 8 nitrogen and oxygen atoms in total. The molecule has 1 saturated carbocycles. The fourth-order valence-electron chi connectivity index (χ4n) is 5.76. The average Bonchev–Trinajstić information content (AvgIpc) is 3.51. The Morgan fingerprint density at radius 1 is 1.18 bits per heavy atom. The third kappa shape index (κ3) is 9.37. The Labute approximate surface area is 238 Å². The standard InChI is InChI=1S/C26H40N4O4S.C4H10/c1-28-24-8-5-19(13-21(24)14-27)18-3-6-23(7-4-18)34-17-22-15-30(11-9-25(22)29-35(2)32)26(31)20-10-12-33-16-20;1-3-4-2/h5,8,13-14,18,20,22-23,25,27-29H,3-4,6-7,9-12,15-17H2,1-2H3;3-4H2,1-2H3. The van der Waals surface area contributed by atoms with E-state index in [4.69, 9.17) is 14.9 Å². The summed E-state index contributed by atoms with van der Waals surface area (Å²) in [5, 5.41) is 10.8. The van der Waals surface area contributed by atoms with Crippen LogP contribution in [-0.4, -0.2) is 79.6 Å². The second-order valence-electron chi connectivity index (χ2n) is 11.1. The molecule has 1 aromatic rings. The number of amides is 1. The van der Waals surface area contributed by atoms with E-state index < -0.39 is 11.0 Å². The number of benzene rings is 1. The van der Waals surface area contributed by atoms with Crippen molar-refractivity contribution < 1.29 is 18.5 Å². The normalized spacial score (nSPS) is 27.8. The topological polar surface area (TPSA) is 104 Å². The van der Waals surface area contributed by atoms with Crippen LogP contribution in [0.4, 0.5) is 5.69 Å². The molecule has 2 saturated heterocycles. The molecule has 3 aliphatic rings. The van der Waals surface area contributed by atoms with Crippen molar-refractivity contribution in [1.82, 2.24) is 9.62 Å². The van der Waals surface area contributed by atoms with E-state index in [9.17, 15) is 9.00 Å². The summed E-state index contributed by atoms with van der Waals surface area (Å²) in [4.78, 5) is 14.9. The Morgan fingerprint density at radius 2 is 1.92 bits per heavy atom. The van der Waals surface area contributed by atoms with Crippen LogP contribution in [0.1, 0.15) is 82.3 Å². The molecule has 0 spiro atoms. The minimum Gasteiger partial charge on any atom is -0.388 e. The highest BCUT2D eigenvalue weighted by Crippen LogP contribution is 2.35. The molecule has 0 bridgehead atoms. The maximum absolute atomic E-state index is 12.9. The molecule has 9 heteroatoms. The number of anilines is 1. The van der Waals surface area contributed by atoms with Crippen molar-refractivity contribution in [2.45, 2.75) is 83.3 Å². The van der Waals surface area contributed by atoms with Gasteiger partial charge < -0.3 is 25.1 Å². The van der Waals surface area contributed by atoms with Crippen LogP contribution >= 0.6 is 0 Å². The third-order valence-electron chi connectivity index (χ3n) is 8.33. The summed E-state index contributed by atoms with van der Waals surface area (Å²) < 4.78 is 26.9. The zero-order valence-electron chi connectivity index (χ0n) is 24.4. The highest BCUT2D eigenvalue weighted by molar-refractivity contribution is 7.82. The molecule has 3 fully saturated rings. The highest BCUT2D eigenvalue weighted by atomic mass is 32.2. The lowest BCUT2D eigenvalue weighted by molar-refractivity contribution is -0.138. The van der Waals surface area contributed by atoms with Gasteiger partial charge in [0, 0.05) is 62.4 Å². The quantitative estimate of drug-likeness (QED) is 0.358. The van der Waals surface area contributed by atoms with Gasteiger partial charge in [-0.1, -0.05) is 32.8 Å². The molecular weight excluding hydrogens is 512 g/mol. The Kier molecular flexibility index (Phi) is 13.4. The summed E-state index contributed by atoms with van der Waals surface area (Å²) in [5.74, 6) is 0.790.